The van der Waals surface area contributed by atoms with Gasteiger partial charge in [-0.3, -0.25) is 19.5 Å². The van der Waals surface area contributed by atoms with Crippen molar-refractivity contribution in [2.24, 2.45) is 0 Å². The van der Waals surface area contributed by atoms with Crippen molar-refractivity contribution in [2.75, 3.05) is 11.9 Å². The van der Waals surface area contributed by atoms with Crippen LogP contribution in [0, 0.1) is 0 Å². The number of amides is 3. The van der Waals surface area contributed by atoms with Crippen molar-refractivity contribution in [3.05, 3.63) is 88.7 Å². The fourth-order valence-corrected chi connectivity index (χ4v) is 4.29. The highest BCUT2D eigenvalue weighted by atomic mass is 16.2. The molecule has 1 aliphatic rings. The predicted molar refractivity (Wildman–Crippen MR) is 136 cm³/mol. The highest BCUT2D eigenvalue weighted by Gasteiger charge is 2.23. The average Bonchev–Trinajstić information content (AvgIpc) is 3.35. The predicted octanol–water partition coefficient (Wildman–Crippen LogP) is 3.55. The number of benzene rings is 2. The Balaban J connectivity index is 1.30. The van der Waals surface area contributed by atoms with Crippen molar-refractivity contribution < 1.29 is 14.4 Å². The van der Waals surface area contributed by atoms with E-state index in [0.29, 0.717) is 47.5 Å². The molecule has 3 heterocycles. The number of aromatic amines is 1. The summed E-state index contributed by atoms with van der Waals surface area (Å²) in [5, 5.41) is 13.2. The largest absolute Gasteiger partial charge is 0.350 e. The number of hydrogen-bond donors (Lipinski definition) is 3. The summed E-state index contributed by atoms with van der Waals surface area (Å²) in [5.41, 5.74) is 4.69. The average molecular weight is 483 g/mol. The number of carbonyl (C=O) groups is 3. The maximum atomic E-state index is 13.1. The zero-order chi connectivity index (χ0) is 25.2. The van der Waals surface area contributed by atoms with Gasteiger partial charge in [-0.1, -0.05) is 12.1 Å². The Hall–Kier alpha value is -4.53. The molecular weight excluding hydrogens is 456 g/mol. The number of fused-ring (bicyclic) bond motifs is 2. The van der Waals surface area contributed by atoms with Crippen LogP contribution in [-0.2, 0) is 13.0 Å². The van der Waals surface area contributed by atoms with Crippen LogP contribution in [0.2, 0.25) is 0 Å². The minimum Gasteiger partial charge on any atom is -0.350 e. The molecule has 0 saturated heterocycles. The van der Waals surface area contributed by atoms with Gasteiger partial charge in [0.25, 0.3) is 17.7 Å². The second-order valence-corrected chi connectivity index (χ2v) is 9.16. The minimum atomic E-state index is -0.280. The van der Waals surface area contributed by atoms with E-state index in [4.69, 9.17) is 0 Å². The number of pyridine rings is 1. The van der Waals surface area contributed by atoms with E-state index in [1.54, 1.807) is 53.7 Å². The van der Waals surface area contributed by atoms with Gasteiger partial charge in [-0.2, -0.15) is 5.10 Å². The summed E-state index contributed by atoms with van der Waals surface area (Å²) in [4.78, 5) is 44.4. The van der Waals surface area contributed by atoms with Gasteiger partial charge < -0.3 is 15.5 Å². The Bertz CT molecular complexity index is 1480. The third-order valence-corrected chi connectivity index (χ3v) is 6.11. The van der Waals surface area contributed by atoms with Gasteiger partial charge in [0.2, 0.25) is 0 Å². The van der Waals surface area contributed by atoms with Gasteiger partial charge in [0.15, 0.2) is 5.65 Å². The molecule has 3 N–H and O–H groups in total. The molecule has 3 amide bonds. The summed E-state index contributed by atoms with van der Waals surface area (Å²) in [6, 6.07) is 14.2. The van der Waals surface area contributed by atoms with Gasteiger partial charge in [-0.05, 0) is 67.8 Å². The third kappa shape index (κ3) is 4.81. The molecule has 2 aromatic heterocycles. The standard InChI is InChI=1S/C27H26N6O3/c1-16(2)30-25(34)18-4-3-5-23(12-18)31-26(35)19-7-6-17-8-9-33(15-22(17)10-19)27(36)21-11-20-14-29-32-24(20)28-13-21/h3-7,10-14,16H,8-9,15H2,1-2H3,(H,30,34)(H,31,35)(H,28,29,32). The summed E-state index contributed by atoms with van der Waals surface area (Å²) < 4.78 is 0. The van der Waals surface area contributed by atoms with Crippen LogP contribution in [0.25, 0.3) is 11.0 Å². The lowest BCUT2D eigenvalue weighted by atomic mass is 9.96. The Morgan fingerprint density at radius 3 is 2.61 bits per heavy atom. The molecule has 1 aliphatic heterocycles. The van der Waals surface area contributed by atoms with Crippen molar-refractivity contribution in [2.45, 2.75) is 32.9 Å². The smallest absolute Gasteiger partial charge is 0.255 e. The maximum absolute atomic E-state index is 13.1. The molecule has 2 aromatic carbocycles. The van der Waals surface area contributed by atoms with Crippen LogP contribution < -0.4 is 10.6 Å². The first-order valence-corrected chi connectivity index (χ1v) is 11.8. The lowest BCUT2D eigenvalue weighted by Crippen LogP contribution is -2.36. The van der Waals surface area contributed by atoms with Crippen LogP contribution in [-0.4, -0.2) is 50.4 Å². The molecule has 0 spiro atoms. The Morgan fingerprint density at radius 1 is 0.944 bits per heavy atom. The van der Waals surface area contributed by atoms with Crippen LogP contribution >= 0.6 is 0 Å². The number of nitrogens with one attached hydrogen (secondary N) is 3. The van der Waals surface area contributed by atoms with Crippen LogP contribution in [0.5, 0.6) is 0 Å². The number of nitrogens with zero attached hydrogens (tertiary/aromatic N) is 3. The van der Waals surface area contributed by atoms with E-state index in [0.717, 1.165) is 16.5 Å². The van der Waals surface area contributed by atoms with Gasteiger partial charge in [-0.15, -0.1) is 0 Å². The van der Waals surface area contributed by atoms with Gasteiger partial charge >= 0.3 is 0 Å². The van der Waals surface area contributed by atoms with Gasteiger partial charge in [0, 0.05) is 47.5 Å². The van der Waals surface area contributed by atoms with Crippen LogP contribution in [0.4, 0.5) is 5.69 Å². The number of aromatic nitrogens is 3. The molecule has 182 valence electrons. The summed E-state index contributed by atoms with van der Waals surface area (Å²) >= 11 is 0. The third-order valence-electron chi connectivity index (χ3n) is 6.11. The van der Waals surface area contributed by atoms with Crippen molar-refractivity contribution >= 4 is 34.4 Å². The maximum Gasteiger partial charge on any atom is 0.255 e. The molecule has 0 aliphatic carbocycles. The first-order chi connectivity index (χ1) is 17.4. The molecule has 0 atom stereocenters. The van der Waals surface area contributed by atoms with Crippen molar-refractivity contribution in [1.82, 2.24) is 25.4 Å². The lowest BCUT2D eigenvalue weighted by molar-refractivity contribution is 0.0734. The molecule has 0 unspecified atom stereocenters. The lowest BCUT2D eigenvalue weighted by Gasteiger charge is -2.29. The molecule has 0 saturated carbocycles. The zero-order valence-corrected chi connectivity index (χ0v) is 20.0. The number of H-pyrrole nitrogens is 1. The quantitative estimate of drug-likeness (QED) is 0.402. The van der Waals surface area contributed by atoms with Gasteiger partial charge in [-0.25, -0.2) is 4.98 Å². The minimum absolute atomic E-state index is 0.0162. The van der Waals surface area contributed by atoms with E-state index in [1.807, 2.05) is 26.0 Å². The monoisotopic (exact) mass is 482 g/mol. The SMILES string of the molecule is CC(C)NC(=O)c1cccc(NC(=O)c2ccc3c(c2)CN(C(=O)c2cnc4[nH]ncc4c2)CC3)c1. The van der Waals surface area contributed by atoms with E-state index in [-0.39, 0.29) is 23.8 Å². The molecule has 9 nitrogen and oxygen atoms in total. The second kappa shape index (κ2) is 9.61. The van der Waals surface area contributed by atoms with Crippen molar-refractivity contribution in [3.8, 4) is 0 Å². The Morgan fingerprint density at radius 2 is 1.78 bits per heavy atom. The number of rotatable bonds is 5. The molecule has 4 aromatic rings. The normalized spacial score (nSPS) is 12.9. The van der Waals surface area contributed by atoms with E-state index in [1.165, 1.54) is 0 Å². The summed E-state index contributed by atoms with van der Waals surface area (Å²) in [5.74, 6) is -0.582. The van der Waals surface area contributed by atoms with E-state index in [2.05, 4.69) is 25.8 Å². The van der Waals surface area contributed by atoms with Crippen LogP contribution in [0.15, 0.2) is 60.9 Å². The Labute approximate surface area is 207 Å². The topological polar surface area (TPSA) is 120 Å². The van der Waals surface area contributed by atoms with Crippen molar-refractivity contribution in [3.63, 3.8) is 0 Å². The Kier molecular flexibility index (Phi) is 6.20. The molecule has 0 fully saturated rings. The molecule has 9 heteroatoms. The van der Waals surface area contributed by atoms with Gasteiger partial charge in [0.05, 0.1) is 11.8 Å². The van der Waals surface area contributed by atoms with Crippen LogP contribution in [0.1, 0.15) is 56.0 Å². The summed E-state index contributed by atoms with van der Waals surface area (Å²) in [6.45, 7) is 4.78. The van der Waals surface area contributed by atoms with Crippen molar-refractivity contribution in [1.29, 1.82) is 0 Å². The molecule has 5 rings (SSSR count). The fraction of sp³-hybridized carbons (Fsp3) is 0.222. The zero-order valence-electron chi connectivity index (χ0n) is 20.0. The molecule has 0 bridgehead atoms. The number of hydrogen-bond acceptors (Lipinski definition) is 5. The molecule has 36 heavy (non-hydrogen) atoms. The first kappa shape index (κ1) is 23.2. The van der Waals surface area contributed by atoms with E-state index >= 15 is 0 Å². The molecular formula is C27H26N6O3. The van der Waals surface area contributed by atoms with E-state index in [9.17, 15) is 14.4 Å². The fourth-order valence-electron chi connectivity index (χ4n) is 4.29. The number of carbonyl (C=O) groups excluding carboxylic acids is 3. The van der Waals surface area contributed by atoms with Gasteiger partial charge in [0.1, 0.15) is 0 Å². The highest BCUT2D eigenvalue weighted by Crippen LogP contribution is 2.23. The summed E-state index contributed by atoms with van der Waals surface area (Å²) in [7, 11) is 0. The summed E-state index contributed by atoms with van der Waals surface area (Å²) in [6.07, 6.45) is 3.90. The number of anilines is 1. The van der Waals surface area contributed by atoms with Crippen LogP contribution in [0.3, 0.4) is 0 Å². The molecule has 0 radical (unpaired) electrons. The highest BCUT2D eigenvalue weighted by molar-refractivity contribution is 6.05. The van der Waals surface area contributed by atoms with E-state index < -0.39 is 0 Å². The first-order valence-electron chi connectivity index (χ1n) is 11.8. The second-order valence-electron chi connectivity index (χ2n) is 9.16.